The molecule has 182 valence electrons. The highest BCUT2D eigenvalue weighted by Gasteiger charge is 2.25. The van der Waals surface area contributed by atoms with E-state index in [4.69, 9.17) is 9.72 Å². The SMILES string of the molecule is O=c1[nH]c(=O)n(Cc2ccccc2)c2nc(-c3ccc(-n4cncn4)c(F)c3)n(CC3CCCO3)c12. The average molecular weight is 487 g/mol. The van der Waals surface area contributed by atoms with Crippen LogP contribution in [0.5, 0.6) is 0 Å². The average Bonchev–Trinajstić information content (AvgIpc) is 3.65. The zero-order chi connectivity index (χ0) is 24.6. The molecule has 6 rings (SSSR count). The van der Waals surface area contributed by atoms with Crippen LogP contribution in [0.2, 0.25) is 0 Å². The van der Waals surface area contributed by atoms with Gasteiger partial charge in [-0.2, -0.15) is 5.10 Å². The highest BCUT2D eigenvalue weighted by molar-refractivity contribution is 5.77. The monoisotopic (exact) mass is 487 g/mol. The van der Waals surface area contributed by atoms with Crippen molar-refractivity contribution >= 4 is 11.2 Å². The van der Waals surface area contributed by atoms with E-state index in [1.165, 1.54) is 28.0 Å². The highest BCUT2D eigenvalue weighted by atomic mass is 19.1. The van der Waals surface area contributed by atoms with Crippen LogP contribution < -0.4 is 11.2 Å². The number of nitrogens with zero attached hydrogens (tertiary/aromatic N) is 6. The lowest BCUT2D eigenvalue weighted by atomic mass is 10.1. The molecule has 1 fully saturated rings. The minimum Gasteiger partial charge on any atom is -0.376 e. The number of fused-ring (bicyclic) bond motifs is 1. The fraction of sp³-hybridized carbons (Fsp3) is 0.240. The summed E-state index contributed by atoms with van der Waals surface area (Å²) in [5.41, 5.74) is 0.957. The minimum atomic E-state index is -0.558. The Morgan fingerprint density at radius 3 is 2.69 bits per heavy atom. The number of hydrogen-bond donors (Lipinski definition) is 1. The van der Waals surface area contributed by atoms with Crippen molar-refractivity contribution < 1.29 is 9.13 Å². The molecular formula is C25H22FN7O3. The molecule has 5 aromatic rings. The molecule has 0 aliphatic carbocycles. The van der Waals surface area contributed by atoms with Gasteiger partial charge >= 0.3 is 5.69 Å². The Morgan fingerprint density at radius 1 is 1.11 bits per heavy atom. The molecule has 10 nitrogen and oxygen atoms in total. The van der Waals surface area contributed by atoms with Crippen molar-refractivity contribution in [1.29, 1.82) is 0 Å². The zero-order valence-electron chi connectivity index (χ0n) is 19.2. The standard InChI is InChI=1S/C25H22FN7O3/c26-19-11-17(8-9-20(19)33-15-27-14-28-33)22-29-23-21(31(22)13-18-7-4-10-36-18)24(34)30-25(35)32(23)12-16-5-2-1-3-6-16/h1-3,5-6,8-9,11,14-15,18H,4,7,10,12-13H2,(H,30,34,35). The van der Waals surface area contributed by atoms with E-state index >= 15 is 4.39 Å². The predicted molar refractivity (Wildman–Crippen MR) is 129 cm³/mol. The van der Waals surface area contributed by atoms with Gasteiger partial charge < -0.3 is 9.30 Å². The van der Waals surface area contributed by atoms with Gasteiger partial charge in [-0.1, -0.05) is 30.3 Å². The van der Waals surface area contributed by atoms with Gasteiger partial charge in [0, 0.05) is 12.2 Å². The van der Waals surface area contributed by atoms with E-state index in [0.717, 1.165) is 18.4 Å². The van der Waals surface area contributed by atoms with Crippen LogP contribution in [0.25, 0.3) is 28.2 Å². The summed E-state index contributed by atoms with van der Waals surface area (Å²) in [5.74, 6) is -0.147. The topological polar surface area (TPSA) is 113 Å². The Bertz CT molecular complexity index is 1650. The molecule has 4 heterocycles. The summed E-state index contributed by atoms with van der Waals surface area (Å²) in [5, 5.41) is 3.99. The molecule has 1 N–H and O–H groups in total. The largest absolute Gasteiger partial charge is 0.376 e. The summed E-state index contributed by atoms with van der Waals surface area (Å²) in [6, 6.07) is 14.1. The van der Waals surface area contributed by atoms with E-state index in [-0.39, 0.29) is 29.5 Å². The van der Waals surface area contributed by atoms with Crippen LogP contribution in [0.3, 0.4) is 0 Å². The quantitative estimate of drug-likeness (QED) is 0.394. The normalized spacial score (nSPS) is 15.6. The molecule has 0 amide bonds. The highest BCUT2D eigenvalue weighted by Crippen LogP contribution is 2.27. The van der Waals surface area contributed by atoms with E-state index in [0.29, 0.717) is 24.5 Å². The van der Waals surface area contributed by atoms with Crippen molar-refractivity contribution in [2.45, 2.75) is 32.0 Å². The van der Waals surface area contributed by atoms with Crippen LogP contribution in [0.15, 0.2) is 70.8 Å². The van der Waals surface area contributed by atoms with Crippen molar-refractivity contribution in [3.8, 4) is 17.1 Å². The van der Waals surface area contributed by atoms with Crippen LogP contribution in [0, 0.1) is 5.82 Å². The number of ether oxygens (including phenoxy) is 1. The molecule has 0 bridgehead atoms. The van der Waals surface area contributed by atoms with Crippen molar-refractivity contribution in [3.63, 3.8) is 0 Å². The van der Waals surface area contributed by atoms with Gasteiger partial charge in [-0.3, -0.25) is 14.3 Å². The molecule has 1 aliphatic rings. The summed E-state index contributed by atoms with van der Waals surface area (Å²) in [6.07, 6.45) is 4.37. The number of hydrogen-bond acceptors (Lipinski definition) is 6. The molecule has 2 aromatic carbocycles. The van der Waals surface area contributed by atoms with Gasteiger partial charge in [0.1, 0.15) is 30.0 Å². The van der Waals surface area contributed by atoms with E-state index < -0.39 is 17.1 Å². The van der Waals surface area contributed by atoms with E-state index in [9.17, 15) is 9.59 Å². The molecule has 36 heavy (non-hydrogen) atoms. The van der Waals surface area contributed by atoms with Crippen LogP contribution in [0.4, 0.5) is 4.39 Å². The second-order valence-corrected chi connectivity index (χ2v) is 8.69. The van der Waals surface area contributed by atoms with Crippen molar-refractivity contribution in [1.82, 2.24) is 33.9 Å². The maximum atomic E-state index is 15.1. The smallest absolute Gasteiger partial charge is 0.330 e. The van der Waals surface area contributed by atoms with Gasteiger partial charge in [-0.25, -0.2) is 23.8 Å². The van der Waals surface area contributed by atoms with E-state index in [1.54, 1.807) is 16.7 Å². The van der Waals surface area contributed by atoms with E-state index in [2.05, 4.69) is 15.1 Å². The summed E-state index contributed by atoms with van der Waals surface area (Å²) in [7, 11) is 0. The molecule has 3 aromatic heterocycles. The molecule has 1 atom stereocenters. The first-order valence-corrected chi connectivity index (χ1v) is 11.6. The molecule has 1 unspecified atom stereocenters. The Hall–Kier alpha value is -4.38. The Balaban J connectivity index is 1.54. The van der Waals surface area contributed by atoms with Crippen LogP contribution in [-0.4, -0.2) is 46.6 Å². The van der Waals surface area contributed by atoms with Crippen LogP contribution in [-0.2, 0) is 17.8 Å². The zero-order valence-corrected chi connectivity index (χ0v) is 19.2. The number of aromatic nitrogens is 7. The van der Waals surface area contributed by atoms with E-state index in [1.807, 2.05) is 30.3 Å². The summed E-state index contributed by atoms with van der Waals surface area (Å²) < 4.78 is 25.4. The van der Waals surface area contributed by atoms with Gasteiger partial charge in [0.25, 0.3) is 5.56 Å². The first kappa shape index (κ1) is 22.1. The van der Waals surface area contributed by atoms with Gasteiger partial charge in [0.15, 0.2) is 11.2 Å². The second kappa shape index (κ2) is 9.00. The molecule has 1 aliphatic heterocycles. The summed E-state index contributed by atoms with van der Waals surface area (Å²) in [4.78, 5) is 36.9. The Labute approximate surface area is 203 Å². The molecule has 0 saturated carbocycles. The minimum absolute atomic E-state index is 0.116. The second-order valence-electron chi connectivity index (χ2n) is 8.69. The lowest BCUT2D eigenvalue weighted by Crippen LogP contribution is -2.32. The van der Waals surface area contributed by atoms with Crippen molar-refractivity contribution in [2.75, 3.05) is 6.61 Å². The number of nitrogens with one attached hydrogen (secondary N) is 1. The molecule has 1 saturated heterocycles. The first-order valence-electron chi connectivity index (χ1n) is 11.6. The van der Waals surface area contributed by atoms with Crippen molar-refractivity contribution in [2.24, 2.45) is 0 Å². The van der Waals surface area contributed by atoms with Gasteiger partial charge in [-0.05, 0) is 36.6 Å². The number of H-pyrrole nitrogens is 1. The molecule has 11 heteroatoms. The molecular weight excluding hydrogens is 465 g/mol. The number of halogens is 1. The van der Waals surface area contributed by atoms with Gasteiger partial charge in [0.05, 0.1) is 19.2 Å². The first-order chi connectivity index (χ1) is 17.6. The third-order valence-corrected chi connectivity index (χ3v) is 6.35. The third-order valence-electron chi connectivity index (χ3n) is 6.35. The lowest BCUT2D eigenvalue weighted by Gasteiger charge is -2.14. The maximum Gasteiger partial charge on any atom is 0.330 e. The van der Waals surface area contributed by atoms with Crippen LogP contribution in [0.1, 0.15) is 18.4 Å². The number of benzene rings is 2. The maximum absolute atomic E-state index is 15.1. The fourth-order valence-corrected chi connectivity index (χ4v) is 4.64. The number of rotatable bonds is 6. The fourth-order valence-electron chi connectivity index (χ4n) is 4.64. The Morgan fingerprint density at radius 2 is 1.97 bits per heavy atom. The summed E-state index contributed by atoms with van der Waals surface area (Å²) in [6.45, 7) is 1.22. The number of imidazole rings is 1. The third kappa shape index (κ3) is 3.93. The Kier molecular flexibility index (Phi) is 5.53. The lowest BCUT2D eigenvalue weighted by molar-refractivity contribution is 0.0982. The predicted octanol–water partition coefficient (Wildman–Crippen LogP) is 2.50. The van der Waals surface area contributed by atoms with Crippen LogP contribution >= 0.6 is 0 Å². The summed E-state index contributed by atoms with van der Waals surface area (Å²) >= 11 is 0. The van der Waals surface area contributed by atoms with Gasteiger partial charge in [0.2, 0.25) is 0 Å². The van der Waals surface area contributed by atoms with Gasteiger partial charge in [-0.15, -0.1) is 0 Å². The van der Waals surface area contributed by atoms with Crippen molar-refractivity contribution in [3.05, 3.63) is 93.4 Å². The molecule has 0 radical (unpaired) electrons. The molecule has 0 spiro atoms. The number of aromatic amines is 1.